The monoisotopic (exact) mass is 479 g/mol. The predicted octanol–water partition coefficient (Wildman–Crippen LogP) is 8.03. The van der Waals surface area contributed by atoms with Crippen LogP contribution in [-0.4, -0.2) is 19.3 Å². The van der Waals surface area contributed by atoms with Crippen molar-refractivity contribution >= 4 is 50.7 Å². The molecule has 35 heavy (non-hydrogen) atoms. The van der Waals surface area contributed by atoms with Gasteiger partial charge in [0.15, 0.2) is 0 Å². The van der Waals surface area contributed by atoms with Gasteiger partial charge in [0.2, 0.25) is 5.91 Å². The first kappa shape index (κ1) is 22.8. The van der Waals surface area contributed by atoms with Crippen molar-refractivity contribution in [3.05, 3.63) is 96.8 Å². The molecule has 0 saturated carbocycles. The number of allylic oxidation sites excluding steroid dienone is 1. The van der Waals surface area contributed by atoms with Crippen LogP contribution >= 0.6 is 11.8 Å². The first-order chi connectivity index (χ1) is 17.1. The zero-order valence-corrected chi connectivity index (χ0v) is 20.6. The van der Waals surface area contributed by atoms with Gasteiger partial charge in [-0.05, 0) is 59.4 Å². The minimum Gasteiger partial charge on any atom is -0.496 e. The van der Waals surface area contributed by atoms with E-state index in [-0.39, 0.29) is 5.91 Å². The highest BCUT2D eigenvalue weighted by atomic mass is 32.2. The molecule has 0 atom stereocenters. The number of para-hydroxylation sites is 1. The van der Waals surface area contributed by atoms with E-state index in [1.165, 1.54) is 10.8 Å². The summed E-state index contributed by atoms with van der Waals surface area (Å²) in [4.78, 5) is 13.9. The van der Waals surface area contributed by atoms with Gasteiger partial charge in [-0.15, -0.1) is 11.8 Å². The number of nitrogens with one attached hydrogen (secondary N) is 1. The van der Waals surface area contributed by atoms with E-state index >= 15 is 0 Å². The van der Waals surface area contributed by atoms with Gasteiger partial charge in [-0.3, -0.25) is 4.79 Å². The minimum atomic E-state index is -0.187. The van der Waals surface area contributed by atoms with E-state index in [9.17, 15) is 4.79 Å². The zero-order chi connectivity index (χ0) is 24.4. The van der Waals surface area contributed by atoms with E-state index in [1.807, 2.05) is 61.7 Å². The number of hydrogen-bond acceptors (Lipinski definition) is 4. The second kappa shape index (κ2) is 9.72. The second-order valence-electron chi connectivity index (χ2n) is 8.28. The summed E-state index contributed by atoms with van der Waals surface area (Å²) in [5, 5.41) is 6.33. The Morgan fingerprint density at radius 3 is 2.54 bits per heavy atom. The van der Waals surface area contributed by atoms with Crippen molar-refractivity contribution in [2.45, 2.75) is 11.8 Å². The third kappa shape index (κ3) is 4.55. The van der Waals surface area contributed by atoms with E-state index < -0.39 is 0 Å². The Kier molecular flexibility index (Phi) is 6.34. The van der Waals surface area contributed by atoms with Crippen LogP contribution in [0, 0.1) is 0 Å². The predicted molar refractivity (Wildman–Crippen MR) is 146 cm³/mol. The van der Waals surface area contributed by atoms with Gasteiger partial charge in [0.05, 0.1) is 19.1 Å². The summed E-state index contributed by atoms with van der Waals surface area (Å²) in [5.41, 5.74) is 5.25. The number of benzene rings is 4. The van der Waals surface area contributed by atoms with Gasteiger partial charge in [-0.1, -0.05) is 48.5 Å². The Balaban J connectivity index is 1.53. The van der Waals surface area contributed by atoms with Crippen LogP contribution in [0.15, 0.2) is 101 Å². The molecule has 0 aliphatic carbocycles. The normalized spacial score (nSPS) is 11.7. The van der Waals surface area contributed by atoms with E-state index in [0.29, 0.717) is 5.75 Å². The van der Waals surface area contributed by atoms with Crippen LogP contribution in [0.1, 0.15) is 12.5 Å². The second-order valence-corrected chi connectivity index (χ2v) is 9.12. The molecule has 4 nitrogen and oxygen atoms in total. The van der Waals surface area contributed by atoms with Gasteiger partial charge in [0, 0.05) is 33.6 Å². The number of fused-ring (bicyclic) bond motifs is 2. The van der Waals surface area contributed by atoms with Crippen molar-refractivity contribution in [3.63, 3.8) is 0 Å². The van der Waals surface area contributed by atoms with Crippen molar-refractivity contribution in [1.29, 1.82) is 0 Å². The van der Waals surface area contributed by atoms with Crippen LogP contribution in [0.3, 0.4) is 0 Å². The van der Waals surface area contributed by atoms with E-state index in [2.05, 4.69) is 35.6 Å². The zero-order valence-electron chi connectivity index (χ0n) is 19.8. The van der Waals surface area contributed by atoms with Crippen LogP contribution in [0.2, 0.25) is 0 Å². The lowest BCUT2D eigenvalue weighted by molar-refractivity contribution is -0.111. The maximum absolute atomic E-state index is 12.8. The molecular formula is C30H25NO3S. The fraction of sp³-hybridized carbons (Fsp3) is 0.100. The number of carbonyl (C=O) groups excluding carboxylic acids is 1. The number of ether oxygens (including phenoxy) is 1. The number of carbonyl (C=O) groups is 1. The summed E-state index contributed by atoms with van der Waals surface area (Å²) in [5.74, 6) is 0.469. The highest BCUT2D eigenvalue weighted by Gasteiger charge is 2.15. The van der Waals surface area contributed by atoms with Crippen molar-refractivity contribution in [3.8, 4) is 16.9 Å². The van der Waals surface area contributed by atoms with E-state index in [1.54, 1.807) is 31.2 Å². The summed E-state index contributed by atoms with van der Waals surface area (Å²) >= 11 is 1.60. The maximum Gasteiger partial charge on any atom is 0.248 e. The Morgan fingerprint density at radius 2 is 1.74 bits per heavy atom. The van der Waals surface area contributed by atoms with Crippen LogP contribution in [0.25, 0.3) is 38.4 Å². The largest absolute Gasteiger partial charge is 0.496 e. The number of rotatable bonds is 6. The van der Waals surface area contributed by atoms with Crippen molar-refractivity contribution < 1.29 is 13.9 Å². The molecule has 1 N–H and O–H groups in total. The lowest BCUT2D eigenvalue weighted by Crippen LogP contribution is -2.09. The molecule has 0 radical (unpaired) electrons. The van der Waals surface area contributed by atoms with E-state index in [4.69, 9.17) is 9.15 Å². The minimum absolute atomic E-state index is 0.187. The molecule has 5 rings (SSSR count). The molecule has 0 aliphatic rings. The van der Waals surface area contributed by atoms with Gasteiger partial charge < -0.3 is 14.5 Å². The Hall–Kier alpha value is -3.96. The van der Waals surface area contributed by atoms with Gasteiger partial charge in [0.1, 0.15) is 11.3 Å². The van der Waals surface area contributed by atoms with Crippen molar-refractivity contribution in [2.24, 2.45) is 0 Å². The number of anilines is 1. The summed E-state index contributed by atoms with van der Waals surface area (Å²) in [7, 11) is 1.62. The number of hydrogen-bond donors (Lipinski definition) is 1. The summed E-state index contributed by atoms with van der Waals surface area (Å²) in [6.07, 6.45) is 5.38. The molecule has 0 saturated heterocycles. The number of furan rings is 1. The fourth-order valence-electron chi connectivity index (χ4n) is 4.30. The first-order valence-corrected chi connectivity index (χ1v) is 12.5. The standard InChI is InChI=1S/C30H25NO3S/c1-19(14-30(32)31-26-10-6-7-11-29(26)35-3)23-16-24-25(18-34-28(24)17-27(23)33-2)22-13-12-20-8-4-5-9-21(20)15-22/h4-18H,1-3H3,(H,31,32)/b19-14+. The highest BCUT2D eigenvalue weighted by Crippen LogP contribution is 2.38. The van der Waals surface area contributed by atoms with Gasteiger partial charge >= 0.3 is 0 Å². The molecule has 4 aromatic carbocycles. The average molecular weight is 480 g/mol. The molecule has 174 valence electrons. The fourth-order valence-corrected chi connectivity index (χ4v) is 4.86. The SMILES string of the molecule is COc1cc2occ(-c3ccc4ccccc4c3)c2cc1/C(C)=C/C(=O)Nc1ccccc1SC. The van der Waals surface area contributed by atoms with Crippen molar-refractivity contribution in [2.75, 3.05) is 18.7 Å². The van der Waals surface area contributed by atoms with Crippen molar-refractivity contribution in [1.82, 2.24) is 0 Å². The molecule has 5 aromatic rings. The molecule has 5 heteroatoms. The number of methoxy groups -OCH3 is 1. The van der Waals surface area contributed by atoms with Crippen LogP contribution in [0.4, 0.5) is 5.69 Å². The Bertz CT molecular complexity index is 1580. The molecule has 0 unspecified atom stereocenters. The molecule has 0 aliphatic heterocycles. The van der Waals surface area contributed by atoms with Crippen LogP contribution < -0.4 is 10.1 Å². The van der Waals surface area contributed by atoms with E-state index in [0.717, 1.165) is 43.8 Å². The Morgan fingerprint density at radius 1 is 0.971 bits per heavy atom. The number of amides is 1. The Labute approximate surface area is 208 Å². The third-order valence-electron chi connectivity index (χ3n) is 6.09. The summed E-state index contributed by atoms with van der Waals surface area (Å²) in [6.45, 7) is 1.92. The molecular weight excluding hydrogens is 454 g/mol. The van der Waals surface area contributed by atoms with Gasteiger partial charge in [-0.2, -0.15) is 0 Å². The third-order valence-corrected chi connectivity index (χ3v) is 6.89. The first-order valence-electron chi connectivity index (χ1n) is 11.3. The summed E-state index contributed by atoms with van der Waals surface area (Å²) < 4.78 is 11.5. The molecule has 0 fully saturated rings. The smallest absolute Gasteiger partial charge is 0.248 e. The van der Waals surface area contributed by atoms with Crippen LogP contribution in [-0.2, 0) is 4.79 Å². The lowest BCUT2D eigenvalue weighted by atomic mass is 9.97. The molecule has 1 heterocycles. The average Bonchev–Trinajstić information content (AvgIpc) is 3.30. The number of thioether (sulfide) groups is 1. The van der Waals surface area contributed by atoms with Gasteiger partial charge in [-0.25, -0.2) is 0 Å². The highest BCUT2D eigenvalue weighted by molar-refractivity contribution is 7.98. The maximum atomic E-state index is 12.8. The topological polar surface area (TPSA) is 51.5 Å². The quantitative estimate of drug-likeness (QED) is 0.198. The van der Waals surface area contributed by atoms with Gasteiger partial charge in [0.25, 0.3) is 0 Å². The molecule has 0 spiro atoms. The molecule has 1 amide bonds. The lowest BCUT2D eigenvalue weighted by Gasteiger charge is -2.11. The van der Waals surface area contributed by atoms with Crippen LogP contribution in [0.5, 0.6) is 5.75 Å². The molecule has 1 aromatic heterocycles. The molecule has 0 bridgehead atoms. The summed E-state index contributed by atoms with van der Waals surface area (Å²) in [6, 6.07) is 26.4.